The molecular weight excluding hydrogens is 375 g/mol. The van der Waals surface area contributed by atoms with Gasteiger partial charge in [-0.2, -0.15) is 0 Å². The predicted molar refractivity (Wildman–Crippen MR) is 103 cm³/mol. The number of carbonyl (C=O) groups excluding carboxylic acids is 2. The lowest BCUT2D eigenvalue weighted by atomic mass is 10.1. The first-order valence-electron chi connectivity index (χ1n) is 8.26. The average Bonchev–Trinajstić information content (AvgIpc) is 2.97. The van der Waals surface area contributed by atoms with Crippen LogP contribution in [0.15, 0.2) is 42.5 Å². The Bertz CT molecular complexity index is 804. The van der Waals surface area contributed by atoms with Crippen molar-refractivity contribution >= 4 is 46.4 Å². The highest BCUT2D eigenvalue weighted by Crippen LogP contribution is 2.28. The second-order valence-electron chi connectivity index (χ2n) is 5.98. The molecule has 2 amide bonds. The molecule has 1 aliphatic heterocycles. The minimum Gasteiger partial charge on any atom is -0.494 e. The van der Waals surface area contributed by atoms with Crippen LogP contribution in [-0.2, 0) is 9.59 Å². The Morgan fingerprint density at radius 2 is 1.85 bits per heavy atom. The van der Waals surface area contributed by atoms with E-state index in [1.165, 1.54) is 0 Å². The van der Waals surface area contributed by atoms with Crippen LogP contribution in [0.5, 0.6) is 5.75 Å². The van der Waals surface area contributed by atoms with Crippen LogP contribution >= 0.6 is 23.2 Å². The fraction of sp³-hybridized carbons (Fsp3) is 0.263. The Balaban J connectivity index is 1.67. The van der Waals surface area contributed by atoms with Crippen molar-refractivity contribution in [1.82, 2.24) is 0 Å². The number of nitrogens with zero attached hydrogens (tertiary/aromatic N) is 1. The van der Waals surface area contributed by atoms with Gasteiger partial charge in [0, 0.05) is 34.4 Å². The van der Waals surface area contributed by atoms with Gasteiger partial charge in [-0.15, -0.1) is 0 Å². The van der Waals surface area contributed by atoms with Gasteiger partial charge in [0.1, 0.15) is 5.75 Å². The number of hydrogen-bond acceptors (Lipinski definition) is 3. The van der Waals surface area contributed by atoms with E-state index in [0.29, 0.717) is 28.9 Å². The summed E-state index contributed by atoms with van der Waals surface area (Å²) in [6, 6.07) is 12.1. The highest BCUT2D eigenvalue weighted by atomic mass is 35.5. The lowest BCUT2D eigenvalue weighted by Gasteiger charge is -2.17. The highest BCUT2D eigenvalue weighted by Gasteiger charge is 2.35. The lowest BCUT2D eigenvalue weighted by Crippen LogP contribution is -2.28. The molecule has 0 radical (unpaired) electrons. The number of ether oxygens (including phenoxy) is 1. The van der Waals surface area contributed by atoms with Gasteiger partial charge in [0.05, 0.1) is 12.5 Å². The van der Waals surface area contributed by atoms with E-state index in [-0.39, 0.29) is 18.2 Å². The first kappa shape index (κ1) is 18.5. The van der Waals surface area contributed by atoms with Gasteiger partial charge in [0.15, 0.2) is 0 Å². The van der Waals surface area contributed by atoms with Crippen molar-refractivity contribution in [2.24, 2.45) is 5.92 Å². The van der Waals surface area contributed by atoms with E-state index >= 15 is 0 Å². The molecule has 0 unspecified atom stereocenters. The summed E-state index contributed by atoms with van der Waals surface area (Å²) in [5.74, 6) is -0.00888. The second-order valence-corrected chi connectivity index (χ2v) is 6.85. The average molecular weight is 393 g/mol. The molecule has 0 spiro atoms. The molecule has 26 heavy (non-hydrogen) atoms. The van der Waals surface area contributed by atoms with Crippen LogP contribution in [0.1, 0.15) is 13.3 Å². The van der Waals surface area contributed by atoms with E-state index in [9.17, 15) is 9.59 Å². The van der Waals surface area contributed by atoms with E-state index in [1.807, 2.05) is 31.2 Å². The fourth-order valence-electron chi connectivity index (χ4n) is 2.89. The molecule has 3 rings (SSSR count). The molecule has 0 aromatic heterocycles. The Labute approximate surface area is 161 Å². The third kappa shape index (κ3) is 4.29. The van der Waals surface area contributed by atoms with Crippen molar-refractivity contribution in [2.75, 3.05) is 23.4 Å². The summed E-state index contributed by atoms with van der Waals surface area (Å²) in [5.41, 5.74) is 1.26. The summed E-state index contributed by atoms with van der Waals surface area (Å²) in [4.78, 5) is 26.5. The zero-order chi connectivity index (χ0) is 18.7. The van der Waals surface area contributed by atoms with Crippen LogP contribution in [0.25, 0.3) is 0 Å². The molecule has 0 aliphatic carbocycles. The van der Waals surface area contributed by atoms with Crippen molar-refractivity contribution in [1.29, 1.82) is 0 Å². The maximum absolute atomic E-state index is 12.5. The zero-order valence-electron chi connectivity index (χ0n) is 14.2. The molecule has 1 fully saturated rings. The topological polar surface area (TPSA) is 58.6 Å². The van der Waals surface area contributed by atoms with Crippen molar-refractivity contribution in [3.05, 3.63) is 52.5 Å². The second kappa shape index (κ2) is 7.98. The third-order valence-electron chi connectivity index (χ3n) is 4.09. The molecule has 1 N–H and O–H groups in total. The summed E-state index contributed by atoms with van der Waals surface area (Å²) in [6.07, 6.45) is 0.160. The van der Waals surface area contributed by atoms with E-state index in [4.69, 9.17) is 27.9 Å². The first-order chi connectivity index (χ1) is 12.5. The maximum atomic E-state index is 12.5. The molecule has 1 atom stereocenters. The normalized spacial score (nSPS) is 16.7. The van der Waals surface area contributed by atoms with Crippen LogP contribution in [0, 0.1) is 5.92 Å². The van der Waals surface area contributed by atoms with Crippen LogP contribution in [0.4, 0.5) is 11.4 Å². The minimum atomic E-state index is -0.438. The summed E-state index contributed by atoms with van der Waals surface area (Å²) in [5, 5.41) is 3.65. The maximum Gasteiger partial charge on any atom is 0.229 e. The quantitative estimate of drug-likeness (QED) is 0.820. The number of benzene rings is 2. The molecule has 0 bridgehead atoms. The Hall–Kier alpha value is -2.24. The SMILES string of the molecule is CCOc1ccc(N2C[C@@H](C(=O)Nc3cc(Cl)cc(Cl)c3)CC2=O)cc1. The van der Waals surface area contributed by atoms with E-state index in [1.54, 1.807) is 23.1 Å². The molecule has 1 heterocycles. The smallest absolute Gasteiger partial charge is 0.229 e. The van der Waals surface area contributed by atoms with Gasteiger partial charge in [0.25, 0.3) is 0 Å². The van der Waals surface area contributed by atoms with Gasteiger partial charge < -0.3 is 15.0 Å². The number of amides is 2. The summed E-state index contributed by atoms with van der Waals surface area (Å²) >= 11 is 11.9. The van der Waals surface area contributed by atoms with E-state index < -0.39 is 5.92 Å². The molecule has 7 heteroatoms. The first-order valence-corrected chi connectivity index (χ1v) is 9.02. The van der Waals surface area contributed by atoms with E-state index in [0.717, 1.165) is 11.4 Å². The summed E-state index contributed by atoms with van der Waals surface area (Å²) in [7, 11) is 0. The molecule has 5 nitrogen and oxygen atoms in total. The van der Waals surface area contributed by atoms with Crippen molar-refractivity contribution < 1.29 is 14.3 Å². The zero-order valence-corrected chi connectivity index (χ0v) is 15.7. The molecule has 0 saturated carbocycles. The van der Waals surface area contributed by atoms with Gasteiger partial charge in [-0.25, -0.2) is 0 Å². The fourth-order valence-corrected chi connectivity index (χ4v) is 3.42. The van der Waals surface area contributed by atoms with Gasteiger partial charge in [-0.3, -0.25) is 9.59 Å². The van der Waals surface area contributed by atoms with Crippen LogP contribution in [0.3, 0.4) is 0 Å². The number of halogens is 2. The summed E-state index contributed by atoms with van der Waals surface area (Å²) < 4.78 is 5.41. The monoisotopic (exact) mass is 392 g/mol. The molecule has 1 saturated heterocycles. The van der Waals surface area contributed by atoms with Crippen LogP contribution in [-0.4, -0.2) is 25.0 Å². The number of nitrogens with one attached hydrogen (secondary N) is 1. The Morgan fingerprint density at radius 3 is 2.46 bits per heavy atom. The Morgan fingerprint density at radius 1 is 1.19 bits per heavy atom. The van der Waals surface area contributed by atoms with E-state index in [2.05, 4.69) is 5.32 Å². The molecule has 2 aromatic rings. The summed E-state index contributed by atoms with van der Waals surface area (Å²) in [6.45, 7) is 2.82. The van der Waals surface area contributed by atoms with Crippen molar-refractivity contribution in [2.45, 2.75) is 13.3 Å². The number of anilines is 2. The standard InChI is InChI=1S/C19H18Cl2N2O3/c1-2-26-17-5-3-16(4-6-17)23-11-12(7-18(23)24)19(25)22-15-9-13(20)8-14(21)10-15/h3-6,8-10,12H,2,7,11H2,1H3,(H,22,25)/t12-/m0/s1. The number of hydrogen-bond donors (Lipinski definition) is 1. The molecular formula is C19H18Cl2N2O3. The van der Waals surface area contributed by atoms with Gasteiger partial charge in [-0.05, 0) is 49.4 Å². The van der Waals surface area contributed by atoms with Crippen molar-refractivity contribution in [3.63, 3.8) is 0 Å². The lowest BCUT2D eigenvalue weighted by molar-refractivity contribution is -0.122. The highest BCUT2D eigenvalue weighted by molar-refractivity contribution is 6.35. The van der Waals surface area contributed by atoms with Crippen molar-refractivity contribution in [3.8, 4) is 5.75 Å². The van der Waals surface area contributed by atoms with Gasteiger partial charge >= 0.3 is 0 Å². The minimum absolute atomic E-state index is 0.0848. The largest absolute Gasteiger partial charge is 0.494 e. The van der Waals surface area contributed by atoms with Gasteiger partial charge in [-0.1, -0.05) is 23.2 Å². The molecule has 2 aromatic carbocycles. The number of rotatable bonds is 5. The predicted octanol–water partition coefficient (Wildman–Crippen LogP) is 4.38. The third-order valence-corrected chi connectivity index (χ3v) is 4.52. The van der Waals surface area contributed by atoms with Gasteiger partial charge in [0.2, 0.25) is 11.8 Å². The molecule has 1 aliphatic rings. The molecule has 136 valence electrons. The Kier molecular flexibility index (Phi) is 5.69. The van der Waals surface area contributed by atoms with Crippen LogP contribution < -0.4 is 15.0 Å². The van der Waals surface area contributed by atoms with Crippen LogP contribution in [0.2, 0.25) is 10.0 Å². The number of carbonyl (C=O) groups is 2.